The van der Waals surface area contributed by atoms with Crippen LogP contribution in [0.4, 0.5) is 38.0 Å². The lowest BCUT2D eigenvalue weighted by Gasteiger charge is -2.26. The molecule has 1 aliphatic rings. The summed E-state index contributed by atoms with van der Waals surface area (Å²) in [6.45, 7) is -0.0401. The largest absolute Gasteiger partial charge is 0.407 e. The summed E-state index contributed by atoms with van der Waals surface area (Å²) in [6, 6.07) is 0. The number of carbonyl (C=O) groups excluding carboxylic acids is 1. The second kappa shape index (κ2) is 4.99. The van der Waals surface area contributed by atoms with Crippen LogP contribution < -0.4 is 10.6 Å². The van der Waals surface area contributed by atoms with Crippen LogP contribution in [0.2, 0.25) is 0 Å². The number of aromatic nitrogens is 2. The van der Waals surface area contributed by atoms with Crippen LogP contribution in [0.25, 0.3) is 0 Å². The monoisotopic (exact) mass is 328 g/mol. The number of anilines is 2. The lowest BCUT2D eigenvalue weighted by molar-refractivity contribution is -0.186. The van der Waals surface area contributed by atoms with Gasteiger partial charge < -0.3 is 10.6 Å². The topological polar surface area (TPSA) is 66.9 Å². The molecule has 1 aromatic heterocycles. The Bertz CT molecular complexity index is 599. The van der Waals surface area contributed by atoms with Gasteiger partial charge in [0.25, 0.3) is 0 Å². The first-order valence-electron chi connectivity index (χ1n) is 6.01. The Kier molecular flexibility index (Phi) is 3.70. The molecule has 0 radical (unpaired) electrons. The standard InChI is InChI=1S/C11H10F6N4O/c1-9(11(15,16)17)5-6(18-3-2-10(12,13)14)19-4-20-7(5)21-8(9)22/h4H,2-3H2,1H3,(H2,18,19,20,21,22). The summed E-state index contributed by atoms with van der Waals surface area (Å²) >= 11 is 0. The van der Waals surface area contributed by atoms with Gasteiger partial charge in [0.2, 0.25) is 5.91 Å². The molecule has 1 amide bonds. The number of nitrogens with zero attached hydrogens (tertiary/aromatic N) is 2. The van der Waals surface area contributed by atoms with E-state index < -0.39 is 48.0 Å². The number of alkyl halides is 6. The van der Waals surface area contributed by atoms with Crippen molar-refractivity contribution < 1.29 is 31.1 Å². The van der Waals surface area contributed by atoms with Crippen molar-refractivity contribution >= 4 is 17.5 Å². The maximum Gasteiger partial charge on any atom is 0.407 e. The van der Waals surface area contributed by atoms with Crippen molar-refractivity contribution in [2.75, 3.05) is 17.2 Å². The number of rotatable bonds is 3. The Morgan fingerprint density at radius 3 is 2.41 bits per heavy atom. The van der Waals surface area contributed by atoms with Gasteiger partial charge in [0.1, 0.15) is 18.0 Å². The molecule has 1 atom stereocenters. The smallest absolute Gasteiger partial charge is 0.369 e. The highest BCUT2D eigenvalue weighted by Gasteiger charge is 2.63. The summed E-state index contributed by atoms with van der Waals surface area (Å²) in [6.07, 6.45) is -9.81. The fourth-order valence-corrected chi connectivity index (χ4v) is 2.03. The molecule has 1 aliphatic heterocycles. The van der Waals surface area contributed by atoms with E-state index in [2.05, 4.69) is 15.3 Å². The number of hydrogen-bond acceptors (Lipinski definition) is 4. The molecule has 122 valence electrons. The Labute approximate surface area is 120 Å². The van der Waals surface area contributed by atoms with Crippen molar-refractivity contribution in [1.82, 2.24) is 9.97 Å². The molecule has 2 rings (SSSR count). The fraction of sp³-hybridized carbons (Fsp3) is 0.545. The minimum Gasteiger partial charge on any atom is -0.369 e. The molecule has 0 aromatic carbocycles. The molecule has 0 fully saturated rings. The Morgan fingerprint density at radius 2 is 1.86 bits per heavy atom. The van der Waals surface area contributed by atoms with Gasteiger partial charge in [-0.05, 0) is 6.92 Å². The highest BCUT2D eigenvalue weighted by molar-refractivity contribution is 6.07. The molecule has 1 aromatic rings. The lowest BCUT2D eigenvalue weighted by atomic mass is 9.83. The molecular formula is C11H10F6N4O. The third kappa shape index (κ3) is 2.66. The minimum atomic E-state index is -4.95. The first-order valence-corrected chi connectivity index (χ1v) is 6.01. The van der Waals surface area contributed by atoms with Gasteiger partial charge in [-0.1, -0.05) is 0 Å². The average molecular weight is 328 g/mol. The molecule has 11 heteroatoms. The van der Waals surface area contributed by atoms with E-state index in [0.29, 0.717) is 6.92 Å². The molecular weight excluding hydrogens is 318 g/mol. The second-order valence-electron chi connectivity index (χ2n) is 4.81. The molecule has 1 unspecified atom stereocenters. The number of amides is 1. The van der Waals surface area contributed by atoms with Gasteiger partial charge in [-0.3, -0.25) is 4.79 Å². The molecule has 0 aliphatic carbocycles. The fourth-order valence-electron chi connectivity index (χ4n) is 2.03. The molecule has 5 nitrogen and oxygen atoms in total. The van der Waals surface area contributed by atoms with E-state index in [1.165, 1.54) is 0 Å². The van der Waals surface area contributed by atoms with Gasteiger partial charge in [-0.15, -0.1) is 0 Å². The zero-order valence-corrected chi connectivity index (χ0v) is 11.1. The molecule has 0 saturated heterocycles. The van der Waals surface area contributed by atoms with Crippen molar-refractivity contribution in [2.24, 2.45) is 0 Å². The summed E-state index contributed by atoms with van der Waals surface area (Å²) in [7, 11) is 0. The number of nitrogens with one attached hydrogen (secondary N) is 2. The number of hydrogen-bond donors (Lipinski definition) is 2. The second-order valence-corrected chi connectivity index (χ2v) is 4.81. The van der Waals surface area contributed by atoms with Crippen molar-refractivity contribution in [1.29, 1.82) is 0 Å². The van der Waals surface area contributed by atoms with Gasteiger partial charge in [-0.25, -0.2) is 9.97 Å². The first kappa shape index (κ1) is 16.3. The van der Waals surface area contributed by atoms with Crippen LogP contribution in [0.3, 0.4) is 0 Å². The van der Waals surface area contributed by atoms with Crippen molar-refractivity contribution in [3.05, 3.63) is 11.9 Å². The van der Waals surface area contributed by atoms with Crippen LogP contribution in [-0.2, 0) is 10.2 Å². The summed E-state index contributed by atoms with van der Waals surface area (Å²) in [5.74, 6) is -2.17. The van der Waals surface area contributed by atoms with E-state index in [4.69, 9.17) is 0 Å². The average Bonchev–Trinajstić information content (AvgIpc) is 2.61. The SMILES string of the molecule is CC1(C(F)(F)F)C(=O)Nc2ncnc(NCCC(F)(F)F)c21. The Morgan fingerprint density at radius 1 is 1.23 bits per heavy atom. The molecule has 2 N–H and O–H groups in total. The van der Waals surface area contributed by atoms with E-state index in [1.807, 2.05) is 5.32 Å². The third-order valence-corrected chi connectivity index (χ3v) is 3.30. The normalized spacial score (nSPS) is 21.5. The van der Waals surface area contributed by atoms with Gasteiger partial charge in [0, 0.05) is 6.54 Å². The molecule has 0 bridgehead atoms. The maximum atomic E-state index is 13.2. The minimum absolute atomic E-state index is 0.366. The maximum absolute atomic E-state index is 13.2. The first-order chi connectivity index (χ1) is 9.97. The Balaban J connectivity index is 2.37. The molecule has 0 saturated carbocycles. The van der Waals surface area contributed by atoms with Crippen LogP contribution in [0, 0.1) is 0 Å². The highest BCUT2D eigenvalue weighted by Crippen LogP contribution is 2.49. The van der Waals surface area contributed by atoms with E-state index in [-0.39, 0.29) is 5.82 Å². The van der Waals surface area contributed by atoms with Crippen molar-refractivity contribution in [3.8, 4) is 0 Å². The third-order valence-electron chi connectivity index (χ3n) is 3.30. The van der Waals surface area contributed by atoms with E-state index >= 15 is 0 Å². The zero-order valence-electron chi connectivity index (χ0n) is 11.1. The zero-order chi connectivity index (χ0) is 16.8. The molecule has 0 spiro atoms. The molecule has 22 heavy (non-hydrogen) atoms. The summed E-state index contributed by atoms with van der Waals surface area (Å²) in [5.41, 5.74) is -3.53. The lowest BCUT2D eigenvalue weighted by Crippen LogP contribution is -2.45. The Hall–Kier alpha value is -2.07. The van der Waals surface area contributed by atoms with Gasteiger partial charge in [0.15, 0.2) is 5.41 Å². The van der Waals surface area contributed by atoms with Crippen LogP contribution in [-0.4, -0.2) is 34.8 Å². The van der Waals surface area contributed by atoms with Gasteiger partial charge >= 0.3 is 12.4 Å². The summed E-state index contributed by atoms with van der Waals surface area (Å²) in [5, 5.41) is 4.16. The predicted molar refractivity (Wildman–Crippen MR) is 63.2 cm³/mol. The summed E-state index contributed by atoms with van der Waals surface area (Å²) in [4.78, 5) is 18.7. The number of carbonyl (C=O) groups is 1. The van der Waals surface area contributed by atoms with Gasteiger partial charge in [0.05, 0.1) is 12.0 Å². The van der Waals surface area contributed by atoms with Crippen LogP contribution in [0.5, 0.6) is 0 Å². The van der Waals surface area contributed by atoms with Crippen LogP contribution in [0.15, 0.2) is 6.33 Å². The van der Waals surface area contributed by atoms with Gasteiger partial charge in [-0.2, -0.15) is 26.3 Å². The highest BCUT2D eigenvalue weighted by atomic mass is 19.4. The predicted octanol–water partition coefficient (Wildman–Crippen LogP) is 2.61. The van der Waals surface area contributed by atoms with Crippen LogP contribution in [0.1, 0.15) is 18.9 Å². The summed E-state index contributed by atoms with van der Waals surface area (Å²) < 4.78 is 76.1. The van der Waals surface area contributed by atoms with Crippen molar-refractivity contribution in [2.45, 2.75) is 31.1 Å². The van der Waals surface area contributed by atoms with Crippen molar-refractivity contribution in [3.63, 3.8) is 0 Å². The van der Waals surface area contributed by atoms with E-state index in [9.17, 15) is 31.1 Å². The number of halogens is 6. The van der Waals surface area contributed by atoms with E-state index in [0.717, 1.165) is 6.33 Å². The van der Waals surface area contributed by atoms with Crippen LogP contribution >= 0.6 is 0 Å². The number of fused-ring (bicyclic) bond motifs is 1. The quantitative estimate of drug-likeness (QED) is 0.837. The van der Waals surface area contributed by atoms with E-state index in [1.54, 1.807) is 0 Å². The molecule has 2 heterocycles.